The standard InChI is InChI=1S/C14H23NO2S/c1-11-4-5-14(17)13(10-11)12(2)15-6-9-18-8-3-7-16/h4-5,10,12,15-17H,3,6-9H2,1-2H3. The van der Waals surface area contributed by atoms with E-state index in [-0.39, 0.29) is 12.6 Å². The van der Waals surface area contributed by atoms with E-state index >= 15 is 0 Å². The fourth-order valence-electron chi connectivity index (χ4n) is 1.75. The van der Waals surface area contributed by atoms with Crippen LogP contribution in [0.1, 0.15) is 30.5 Å². The summed E-state index contributed by atoms with van der Waals surface area (Å²) < 4.78 is 0. The van der Waals surface area contributed by atoms with E-state index in [0.29, 0.717) is 5.75 Å². The summed E-state index contributed by atoms with van der Waals surface area (Å²) in [6.07, 6.45) is 0.860. The van der Waals surface area contributed by atoms with Gasteiger partial charge in [0, 0.05) is 30.5 Å². The molecular weight excluding hydrogens is 246 g/mol. The van der Waals surface area contributed by atoms with Gasteiger partial charge in [-0.2, -0.15) is 11.8 Å². The molecule has 1 rings (SSSR count). The number of aryl methyl sites for hydroxylation is 1. The highest BCUT2D eigenvalue weighted by Gasteiger charge is 2.09. The molecule has 0 radical (unpaired) electrons. The molecule has 4 heteroatoms. The number of aromatic hydroxyl groups is 1. The number of rotatable bonds is 8. The summed E-state index contributed by atoms with van der Waals surface area (Å²) in [5.74, 6) is 2.38. The van der Waals surface area contributed by atoms with Gasteiger partial charge in [0.25, 0.3) is 0 Å². The first kappa shape index (κ1) is 15.3. The summed E-state index contributed by atoms with van der Waals surface area (Å²) in [6.45, 7) is 5.27. The summed E-state index contributed by atoms with van der Waals surface area (Å²) in [6, 6.07) is 5.84. The van der Waals surface area contributed by atoms with Crippen molar-refractivity contribution in [2.24, 2.45) is 0 Å². The molecule has 0 aliphatic rings. The highest BCUT2D eigenvalue weighted by Crippen LogP contribution is 2.24. The largest absolute Gasteiger partial charge is 0.508 e. The maximum atomic E-state index is 9.81. The molecule has 0 aliphatic heterocycles. The average molecular weight is 269 g/mol. The molecular formula is C14H23NO2S. The van der Waals surface area contributed by atoms with Crippen LogP contribution in [0, 0.1) is 6.92 Å². The van der Waals surface area contributed by atoms with E-state index in [1.807, 2.05) is 30.8 Å². The Balaban J connectivity index is 2.31. The zero-order chi connectivity index (χ0) is 13.4. The first-order chi connectivity index (χ1) is 8.65. The maximum Gasteiger partial charge on any atom is 0.120 e. The lowest BCUT2D eigenvalue weighted by atomic mass is 10.0. The van der Waals surface area contributed by atoms with Gasteiger partial charge >= 0.3 is 0 Å². The number of benzene rings is 1. The number of nitrogens with one attached hydrogen (secondary N) is 1. The normalized spacial score (nSPS) is 12.6. The number of phenols is 1. The first-order valence-electron chi connectivity index (χ1n) is 6.36. The van der Waals surface area contributed by atoms with Crippen molar-refractivity contribution < 1.29 is 10.2 Å². The minimum Gasteiger partial charge on any atom is -0.508 e. The Labute approximate surface area is 114 Å². The number of aliphatic hydroxyl groups is 1. The Bertz CT molecular complexity index is 358. The van der Waals surface area contributed by atoms with Crippen LogP contribution in [0.5, 0.6) is 5.75 Å². The van der Waals surface area contributed by atoms with Gasteiger partial charge in [-0.3, -0.25) is 0 Å². The third-order valence-electron chi connectivity index (χ3n) is 2.79. The molecule has 3 N–H and O–H groups in total. The quantitative estimate of drug-likeness (QED) is 0.635. The van der Waals surface area contributed by atoms with Crippen LogP contribution in [-0.4, -0.2) is 34.9 Å². The van der Waals surface area contributed by atoms with E-state index in [0.717, 1.165) is 35.6 Å². The van der Waals surface area contributed by atoms with Gasteiger partial charge in [-0.05, 0) is 32.1 Å². The third-order valence-corrected chi connectivity index (χ3v) is 3.86. The van der Waals surface area contributed by atoms with Gasteiger partial charge in [-0.1, -0.05) is 17.7 Å². The summed E-state index contributed by atoms with van der Waals surface area (Å²) in [5.41, 5.74) is 2.11. The van der Waals surface area contributed by atoms with Crippen LogP contribution < -0.4 is 5.32 Å². The van der Waals surface area contributed by atoms with Crippen molar-refractivity contribution in [3.8, 4) is 5.75 Å². The zero-order valence-electron chi connectivity index (χ0n) is 11.1. The monoisotopic (exact) mass is 269 g/mol. The topological polar surface area (TPSA) is 52.5 Å². The van der Waals surface area contributed by atoms with Crippen LogP contribution in [0.3, 0.4) is 0 Å². The van der Waals surface area contributed by atoms with E-state index in [1.165, 1.54) is 0 Å². The van der Waals surface area contributed by atoms with Crippen molar-refractivity contribution in [3.63, 3.8) is 0 Å². The van der Waals surface area contributed by atoms with E-state index in [4.69, 9.17) is 5.11 Å². The van der Waals surface area contributed by atoms with Crippen LogP contribution in [0.25, 0.3) is 0 Å². The lowest BCUT2D eigenvalue weighted by Gasteiger charge is -2.16. The zero-order valence-corrected chi connectivity index (χ0v) is 12.0. The van der Waals surface area contributed by atoms with Gasteiger partial charge in [-0.25, -0.2) is 0 Å². The molecule has 1 aromatic carbocycles. The Kier molecular flexibility index (Phi) is 7.16. The molecule has 3 nitrogen and oxygen atoms in total. The lowest BCUT2D eigenvalue weighted by Crippen LogP contribution is -2.21. The van der Waals surface area contributed by atoms with Crippen LogP contribution in [0.2, 0.25) is 0 Å². The number of hydrogen-bond acceptors (Lipinski definition) is 4. The molecule has 0 spiro atoms. The molecule has 0 saturated carbocycles. The van der Waals surface area contributed by atoms with Gasteiger partial charge in [0.05, 0.1) is 0 Å². The fraction of sp³-hybridized carbons (Fsp3) is 0.571. The molecule has 0 saturated heterocycles. The molecule has 0 bridgehead atoms. The molecule has 102 valence electrons. The second-order valence-electron chi connectivity index (χ2n) is 4.43. The number of aliphatic hydroxyl groups excluding tert-OH is 1. The first-order valence-corrected chi connectivity index (χ1v) is 7.52. The van der Waals surface area contributed by atoms with E-state index in [1.54, 1.807) is 6.07 Å². The lowest BCUT2D eigenvalue weighted by molar-refractivity contribution is 0.296. The second-order valence-corrected chi connectivity index (χ2v) is 5.65. The van der Waals surface area contributed by atoms with Crippen molar-refractivity contribution in [3.05, 3.63) is 29.3 Å². The highest BCUT2D eigenvalue weighted by molar-refractivity contribution is 7.99. The molecule has 18 heavy (non-hydrogen) atoms. The Morgan fingerprint density at radius 2 is 2.11 bits per heavy atom. The van der Waals surface area contributed by atoms with Crippen molar-refractivity contribution >= 4 is 11.8 Å². The molecule has 0 aromatic heterocycles. The molecule has 0 amide bonds. The van der Waals surface area contributed by atoms with Crippen molar-refractivity contribution in [1.29, 1.82) is 0 Å². The summed E-state index contributed by atoms with van der Waals surface area (Å²) in [5, 5.41) is 21.9. The van der Waals surface area contributed by atoms with E-state index in [9.17, 15) is 5.11 Å². The molecule has 0 fully saturated rings. The van der Waals surface area contributed by atoms with Crippen molar-refractivity contribution in [2.75, 3.05) is 24.7 Å². The van der Waals surface area contributed by atoms with Crippen molar-refractivity contribution in [2.45, 2.75) is 26.3 Å². The van der Waals surface area contributed by atoms with E-state index < -0.39 is 0 Å². The predicted octanol–water partition coefficient (Wildman–Crippen LogP) is 2.47. The minimum atomic E-state index is 0.156. The maximum absolute atomic E-state index is 9.81. The highest BCUT2D eigenvalue weighted by atomic mass is 32.2. The molecule has 1 atom stereocenters. The van der Waals surface area contributed by atoms with Gasteiger partial charge < -0.3 is 15.5 Å². The number of thioether (sulfide) groups is 1. The Morgan fingerprint density at radius 1 is 1.33 bits per heavy atom. The summed E-state index contributed by atoms with van der Waals surface area (Å²) in [7, 11) is 0. The van der Waals surface area contributed by atoms with Gasteiger partial charge in [-0.15, -0.1) is 0 Å². The Hall–Kier alpha value is -0.710. The predicted molar refractivity (Wildman–Crippen MR) is 78.3 cm³/mol. The Morgan fingerprint density at radius 3 is 2.83 bits per heavy atom. The summed E-state index contributed by atoms with van der Waals surface area (Å²) in [4.78, 5) is 0. The van der Waals surface area contributed by atoms with Crippen molar-refractivity contribution in [1.82, 2.24) is 5.32 Å². The number of hydrogen-bond donors (Lipinski definition) is 3. The van der Waals surface area contributed by atoms with E-state index in [2.05, 4.69) is 12.2 Å². The van der Waals surface area contributed by atoms with Crippen LogP contribution in [0.15, 0.2) is 18.2 Å². The SMILES string of the molecule is Cc1ccc(O)c(C(C)NCCSCCCO)c1. The smallest absolute Gasteiger partial charge is 0.120 e. The minimum absolute atomic E-state index is 0.156. The second kappa shape index (κ2) is 8.40. The van der Waals surface area contributed by atoms with Crippen LogP contribution >= 0.6 is 11.8 Å². The van der Waals surface area contributed by atoms with Crippen LogP contribution in [-0.2, 0) is 0 Å². The van der Waals surface area contributed by atoms with Gasteiger partial charge in [0.2, 0.25) is 0 Å². The molecule has 0 aliphatic carbocycles. The van der Waals surface area contributed by atoms with Gasteiger partial charge in [0.15, 0.2) is 0 Å². The number of phenolic OH excluding ortho intramolecular Hbond substituents is 1. The van der Waals surface area contributed by atoms with Gasteiger partial charge in [0.1, 0.15) is 5.75 Å². The fourth-order valence-corrected chi connectivity index (χ4v) is 2.55. The summed E-state index contributed by atoms with van der Waals surface area (Å²) >= 11 is 1.84. The molecule has 1 unspecified atom stereocenters. The third kappa shape index (κ3) is 5.29. The molecule has 0 heterocycles. The molecule has 1 aromatic rings. The van der Waals surface area contributed by atoms with Crippen LogP contribution in [0.4, 0.5) is 0 Å². The average Bonchev–Trinajstić information content (AvgIpc) is 2.36.